The van der Waals surface area contributed by atoms with Crippen LogP contribution in [0.2, 0.25) is 0 Å². The third kappa shape index (κ3) is 6.42. The number of benzene rings is 4. The maximum Gasteiger partial charge on any atom is 0.240 e. The molecule has 2 atom stereocenters. The molecule has 0 aliphatic heterocycles. The molecule has 0 saturated heterocycles. The van der Waals surface area contributed by atoms with Crippen molar-refractivity contribution in [3.05, 3.63) is 114 Å². The highest BCUT2D eigenvalue weighted by atomic mass is 35.5. The van der Waals surface area contributed by atoms with Gasteiger partial charge in [-0.05, 0) is 47.4 Å². The van der Waals surface area contributed by atoms with Crippen molar-refractivity contribution < 1.29 is 8.42 Å². The van der Waals surface area contributed by atoms with Crippen LogP contribution in [0.1, 0.15) is 24.1 Å². The molecule has 0 aliphatic carbocycles. The van der Waals surface area contributed by atoms with Gasteiger partial charge in [-0.2, -0.15) is 0 Å². The summed E-state index contributed by atoms with van der Waals surface area (Å²) in [6, 6.07) is 32.9. The van der Waals surface area contributed by atoms with Gasteiger partial charge in [0.1, 0.15) is 0 Å². The van der Waals surface area contributed by atoms with Crippen molar-refractivity contribution >= 4 is 33.2 Å². The van der Waals surface area contributed by atoms with Crippen LogP contribution in [-0.2, 0) is 16.4 Å². The summed E-state index contributed by atoms with van der Waals surface area (Å²) in [5.41, 5.74) is 2.29. The van der Waals surface area contributed by atoms with E-state index in [9.17, 15) is 8.42 Å². The van der Waals surface area contributed by atoms with Crippen molar-refractivity contribution in [1.29, 1.82) is 0 Å². The third-order valence-corrected chi connectivity index (χ3v) is 7.20. The predicted octanol–water partition coefficient (Wildman–Crippen LogP) is 5.50. The first-order valence-electron chi connectivity index (χ1n) is 10.9. The zero-order valence-electron chi connectivity index (χ0n) is 18.5. The Morgan fingerprint density at radius 1 is 0.758 bits per heavy atom. The summed E-state index contributed by atoms with van der Waals surface area (Å²) >= 11 is 0. The molecule has 0 bridgehead atoms. The van der Waals surface area contributed by atoms with E-state index < -0.39 is 10.0 Å². The van der Waals surface area contributed by atoms with E-state index in [4.69, 9.17) is 0 Å². The van der Waals surface area contributed by atoms with Gasteiger partial charge in [-0.1, -0.05) is 91.0 Å². The van der Waals surface area contributed by atoms with E-state index in [1.807, 2.05) is 48.5 Å². The molecular formula is C27H29ClN2O2S. The molecule has 0 amide bonds. The predicted molar refractivity (Wildman–Crippen MR) is 138 cm³/mol. The number of nitrogens with one attached hydrogen (secondary N) is 2. The Labute approximate surface area is 202 Å². The molecule has 0 spiro atoms. The largest absolute Gasteiger partial charge is 0.309 e. The normalized spacial score (nSPS) is 13.2. The smallest absolute Gasteiger partial charge is 0.240 e. The van der Waals surface area contributed by atoms with E-state index in [0.29, 0.717) is 13.0 Å². The molecule has 0 saturated carbocycles. The van der Waals surface area contributed by atoms with Crippen molar-refractivity contribution in [2.45, 2.75) is 30.3 Å². The van der Waals surface area contributed by atoms with Gasteiger partial charge in [0.15, 0.2) is 0 Å². The maximum atomic E-state index is 13.0. The summed E-state index contributed by atoms with van der Waals surface area (Å²) in [7, 11) is -3.62. The van der Waals surface area contributed by atoms with E-state index >= 15 is 0 Å². The molecule has 2 unspecified atom stereocenters. The first kappa shape index (κ1) is 24.9. The molecule has 4 aromatic carbocycles. The first-order valence-corrected chi connectivity index (χ1v) is 12.3. The molecule has 172 valence electrons. The second kappa shape index (κ2) is 11.4. The second-order valence-electron chi connectivity index (χ2n) is 8.02. The van der Waals surface area contributed by atoms with Gasteiger partial charge in [-0.3, -0.25) is 0 Å². The standard InChI is InChI=1S/C27H28N2O2S.ClH/c1-21(26-18-10-14-23-13-8-9-17-27(23)26)28-20-24(19-22-11-4-2-5-12-22)29-32(30,31)25-15-6-3-7-16-25;/h2-18,21,24,28-29H,19-20H2,1H3;1H. The van der Waals surface area contributed by atoms with Crippen molar-refractivity contribution in [3.8, 4) is 0 Å². The minimum atomic E-state index is -3.62. The molecule has 0 aromatic heterocycles. The first-order chi connectivity index (χ1) is 15.5. The van der Waals surface area contributed by atoms with Gasteiger partial charge >= 0.3 is 0 Å². The summed E-state index contributed by atoms with van der Waals surface area (Å²) in [4.78, 5) is 0.278. The summed E-state index contributed by atoms with van der Waals surface area (Å²) < 4.78 is 28.9. The van der Waals surface area contributed by atoms with Gasteiger partial charge in [-0.15, -0.1) is 12.4 Å². The van der Waals surface area contributed by atoms with E-state index in [1.165, 1.54) is 16.3 Å². The highest BCUT2D eigenvalue weighted by Crippen LogP contribution is 2.24. The van der Waals surface area contributed by atoms with E-state index in [0.717, 1.165) is 5.56 Å². The van der Waals surface area contributed by atoms with Crippen LogP contribution in [-0.4, -0.2) is 21.0 Å². The summed E-state index contributed by atoms with van der Waals surface area (Å²) in [5, 5.41) is 5.96. The van der Waals surface area contributed by atoms with Crippen LogP contribution in [0.3, 0.4) is 0 Å². The third-order valence-electron chi connectivity index (χ3n) is 5.66. The van der Waals surface area contributed by atoms with E-state index in [2.05, 4.69) is 47.3 Å². The fraction of sp³-hybridized carbons (Fsp3) is 0.185. The lowest BCUT2D eigenvalue weighted by atomic mass is 9.99. The topological polar surface area (TPSA) is 58.2 Å². The van der Waals surface area contributed by atoms with Crippen LogP contribution in [0.5, 0.6) is 0 Å². The number of hydrogen-bond donors (Lipinski definition) is 2. The zero-order valence-corrected chi connectivity index (χ0v) is 20.1. The molecule has 0 fully saturated rings. The van der Waals surface area contributed by atoms with Gasteiger partial charge in [0.25, 0.3) is 0 Å². The average Bonchev–Trinajstić information content (AvgIpc) is 2.83. The van der Waals surface area contributed by atoms with Gasteiger partial charge < -0.3 is 5.32 Å². The Bertz CT molecular complexity index is 1260. The zero-order chi connectivity index (χ0) is 22.4. The lowest BCUT2D eigenvalue weighted by Gasteiger charge is -2.23. The SMILES string of the molecule is CC(NCC(Cc1ccccc1)NS(=O)(=O)c1ccccc1)c1cccc2ccccc12.Cl. The lowest BCUT2D eigenvalue weighted by molar-refractivity contribution is 0.482. The number of fused-ring (bicyclic) bond motifs is 1. The van der Waals surface area contributed by atoms with E-state index in [1.54, 1.807) is 24.3 Å². The summed E-state index contributed by atoms with van der Waals surface area (Å²) in [6.45, 7) is 2.62. The number of hydrogen-bond acceptors (Lipinski definition) is 3. The van der Waals surface area contributed by atoms with Crippen LogP contribution < -0.4 is 10.0 Å². The molecule has 0 radical (unpaired) electrons. The van der Waals surface area contributed by atoms with Crippen LogP contribution in [0.15, 0.2) is 108 Å². The molecule has 0 heterocycles. The quantitative estimate of drug-likeness (QED) is 0.332. The van der Waals surface area contributed by atoms with Crippen molar-refractivity contribution in [2.24, 2.45) is 0 Å². The van der Waals surface area contributed by atoms with Crippen LogP contribution in [0, 0.1) is 0 Å². The lowest BCUT2D eigenvalue weighted by Crippen LogP contribution is -2.44. The second-order valence-corrected chi connectivity index (χ2v) is 9.73. The average molecular weight is 481 g/mol. The number of rotatable bonds is 9. The molecular weight excluding hydrogens is 452 g/mol. The molecule has 2 N–H and O–H groups in total. The summed E-state index contributed by atoms with van der Waals surface area (Å²) in [6.07, 6.45) is 0.599. The number of halogens is 1. The van der Waals surface area contributed by atoms with Crippen molar-refractivity contribution in [2.75, 3.05) is 6.54 Å². The molecule has 33 heavy (non-hydrogen) atoms. The van der Waals surface area contributed by atoms with Crippen LogP contribution in [0.25, 0.3) is 10.8 Å². The molecule has 0 aliphatic rings. The Morgan fingerprint density at radius 3 is 2.09 bits per heavy atom. The van der Waals surface area contributed by atoms with Crippen molar-refractivity contribution in [3.63, 3.8) is 0 Å². The van der Waals surface area contributed by atoms with Crippen LogP contribution in [0.4, 0.5) is 0 Å². The highest BCUT2D eigenvalue weighted by Gasteiger charge is 2.21. The summed E-state index contributed by atoms with van der Waals surface area (Å²) in [5.74, 6) is 0. The fourth-order valence-corrected chi connectivity index (χ4v) is 5.26. The molecule has 4 nitrogen and oxygen atoms in total. The van der Waals surface area contributed by atoms with E-state index in [-0.39, 0.29) is 29.4 Å². The Hall–Kier alpha value is -2.70. The fourth-order valence-electron chi connectivity index (χ4n) is 4.00. The minimum absolute atomic E-state index is 0. The maximum absolute atomic E-state index is 13.0. The van der Waals surface area contributed by atoms with Gasteiger partial charge in [0.05, 0.1) is 4.90 Å². The van der Waals surface area contributed by atoms with Crippen molar-refractivity contribution in [1.82, 2.24) is 10.0 Å². The Morgan fingerprint density at radius 2 is 1.36 bits per heavy atom. The molecule has 4 rings (SSSR count). The number of sulfonamides is 1. The highest BCUT2D eigenvalue weighted by molar-refractivity contribution is 7.89. The molecule has 4 aromatic rings. The van der Waals surface area contributed by atoms with Gasteiger partial charge in [-0.25, -0.2) is 13.1 Å². The van der Waals surface area contributed by atoms with Gasteiger partial charge in [0, 0.05) is 18.6 Å². The van der Waals surface area contributed by atoms with Gasteiger partial charge in [0.2, 0.25) is 10.0 Å². The Kier molecular flexibility index (Phi) is 8.64. The monoisotopic (exact) mass is 480 g/mol. The Balaban J connectivity index is 0.00000306. The minimum Gasteiger partial charge on any atom is -0.309 e. The molecule has 6 heteroatoms. The van der Waals surface area contributed by atoms with Crippen LogP contribution >= 0.6 is 12.4 Å².